The number of halogens is 1. The maximum Gasteiger partial charge on any atom is 0.194 e. The van der Waals surface area contributed by atoms with Crippen LogP contribution in [0.1, 0.15) is 49.9 Å². The zero-order chi connectivity index (χ0) is 15.7. The van der Waals surface area contributed by atoms with Crippen molar-refractivity contribution in [3.05, 3.63) is 29.6 Å². The van der Waals surface area contributed by atoms with Crippen LogP contribution in [0.5, 0.6) is 5.75 Å². The van der Waals surface area contributed by atoms with Crippen LogP contribution in [-0.4, -0.2) is 25.6 Å². The van der Waals surface area contributed by atoms with Gasteiger partial charge in [0.25, 0.3) is 0 Å². The van der Waals surface area contributed by atoms with Crippen LogP contribution in [0.4, 0.5) is 4.39 Å². The highest BCUT2D eigenvalue weighted by Gasteiger charge is 2.44. The average Bonchev–Trinajstić information content (AvgIpc) is 2.47. The molecule has 0 aliphatic heterocycles. The first-order valence-corrected chi connectivity index (χ1v) is 7.27. The highest BCUT2D eigenvalue weighted by atomic mass is 19.1. The lowest BCUT2D eigenvalue weighted by Crippen LogP contribution is -2.45. The summed E-state index contributed by atoms with van der Waals surface area (Å²) in [6.45, 7) is 4.40. The van der Waals surface area contributed by atoms with Crippen molar-refractivity contribution in [3.8, 4) is 5.75 Å². The largest absolute Gasteiger partial charge is 0.494 e. The van der Waals surface area contributed by atoms with Gasteiger partial charge < -0.3 is 9.47 Å². The standard InChI is InChI=1S/C17H23FO3/c1-16(2)7-9-17(21-4,10-8-16)15(19)12-5-6-14(20-3)13(18)11-12/h5-6,11H,7-10H2,1-4H3. The number of carbonyl (C=O) groups is 1. The first-order valence-electron chi connectivity index (χ1n) is 7.27. The molecule has 1 aliphatic carbocycles. The van der Waals surface area contributed by atoms with Gasteiger partial charge in [-0.15, -0.1) is 0 Å². The molecule has 2 rings (SSSR count). The predicted octanol–water partition coefficient (Wildman–Crippen LogP) is 4.00. The molecular weight excluding hydrogens is 271 g/mol. The van der Waals surface area contributed by atoms with E-state index in [1.54, 1.807) is 13.2 Å². The van der Waals surface area contributed by atoms with E-state index in [1.165, 1.54) is 19.2 Å². The third-order valence-electron chi connectivity index (χ3n) is 4.63. The number of benzene rings is 1. The fraction of sp³-hybridized carbons (Fsp3) is 0.588. The third kappa shape index (κ3) is 3.10. The Kier molecular flexibility index (Phi) is 4.38. The maximum atomic E-state index is 13.8. The van der Waals surface area contributed by atoms with Crippen molar-refractivity contribution < 1.29 is 18.7 Å². The molecule has 0 heterocycles. The van der Waals surface area contributed by atoms with Gasteiger partial charge in [-0.2, -0.15) is 0 Å². The highest BCUT2D eigenvalue weighted by molar-refractivity contribution is 6.02. The van der Waals surface area contributed by atoms with Gasteiger partial charge in [0.1, 0.15) is 5.60 Å². The van der Waals surface area contributed by atoms with Crippen molar-refractivity contribution in [1.29, 1.82) is 0 Å². The van der Waals surface area contributed by atoms with Gasteiger partial charge in [0.2, 0.25) is 0 Å². The number of rotatable bonds is 4. The molecule has 21 heavy (non-hydrogen) atoms. The molecule has 4 heteroatoms. The molecule has 1 aromatic carbocycles. The van der Waals surface area contributed by atoms with E-state index in [1.807, 2.05) is 0 Å². The second-order valence-corrected chi connectivity index (χ2v) is 6.54. The molecule has 0 unspecified atom stereocenters. The summed E-state index contributed by atoms with van der Waals surface area (Å²) in [5.74, 6) is -0.518. The van der Waals surface area contributed by atoms with Gasteiger partial charge in [-0.25, -0.2) is 4.39 Å². The number of ether oxygens (including phenoxy) is 2. The smallest absolute Gasteiger partial charge is 0.194 e. The monoisotopic (exact) mass is 294 g/mol. The Morgan fingerprint density at radius 3 is 2.24 bits per heavy atom. The van der Waals surface area contributed by atoms with E-state index in [0.29, 0.717) is 18.4 Å². The lowest BCUT2D eigenvalue weighted by Gasteiger charge is -2.41. The van der Waals surface area contributed by atoms with Crippen LogP contribution in [0.3, 0.4) is 0 Å². The van der Waals surface area contributed by atoms with Crippen LogP contribution in [0.15, 0.2) is 18.2 Å². The molecule has 1 aliphatic rings. The van der Waals surface area contributed by atoms with Crippen LogP contribution < -0.4 is 4.74 Å². The summed E-state index contributed by atoms with van der Waals surface area (Å²) in [5.41, 5.74) is -0.251. The molecule has 0 N–H and O–H groups in total. The summed E-state index contributed by atoms with van der Waals surface area (Å²) in [7, 11) is 2.97. The molecule has 0 saturated heterocycles. The summed E-state index contributed by atoms with van der Waals surface area (Å²) in [6.07, 6.45) is 3.18. The van der Waals surface area contributed by atoms with Crippen LogP contribution in [0, 0.1) is 11.2 Å². The Morgan fingerprint density at radius 1 is 1.14 bits per heavy atom. The van der Waals surface area contributed by atoms with E-state index in [0.717, 1.165) is 12.8 Å². The van der Waals surface area contributed by atoms with Crippen LogP contribution in [0.25, 0.3) is 0 Å². The zero-order valence-electron chi connectivity index (χ0n) is 13.2. The van der Waals surface area contributed by atoms with Crippen molar-refractivity contribution in [2.45, 2.75) is 45.1 Å². The van der Waals surface area contributed by atoms with Crippen molar-refractivity contribution >= 4 is 5.78 Å². The third-order valence-corrected chi connectivity index (χ3v) is 4.63. The van der Waals surface area contributed by atoms with Crippen molar-refractivity contribution in [1.82, 2.24) is 0 Å². The van der Waals surface area contributed by atoms with Gasteiger partial charge in [0, 0.05) is 12.7 Å². The highest BCUT2D eigenvalue weighted by Crippen LogP contribution is 2.43. The fourth-order valence-electron chi connectivity index (χ4n) is 2.93. The predicted molar refractivity (Wildman–Crippen MR) is 79.3 cm³/mol. The Bertz CT molecular complexity index is 527. The van der Waals surface area contributed by atoms with Gasteiger partial charge in [0.05, 0.1) is 7.11 Å². The molecule has 0 atom stereocenters. The second kappa shape index (κ2) is 5.76. The van der Waals surface area contributed by atoms with Crippen molar-refractivity contribution in [3.63, 3.8) is 0 Å². The second-order valence-electron chi connectivity index (χ2n) is 6.54. The lowest BCUT2D eigenvalue weighted by molar-refractivity contribution is -0.0383. The summed E-state index contributed by atoms with van der Waals surface area (Å²) in [5, 5.41) is 0. The van der Waals surface area contributed by atoms with Gasteiger partial charge in [-0.1, -0.05) is 13.8 Å². The van der Waals surface area contributed by atoms with E-state index in [-0.39, 0.29) is 16.9 Å². The minimum absolute atomic E-state index is 0.137. The molecule has 116 valence electrons. The van der Waals surface area contributed by atoms with Crippen molar-refractivity contribution in [2.24, 2.45) is 5.41 Å². The summed E-state index contributed by atoms with van der Waals surface area (Å²) in [6, 6.07) is 4.32. The van der Waals surface area contributed by atoms with E-state index >= 15 is 0 Å². The Balaban J connectivity index is 2.27. The molecule has 0 aromatic heterocycles. The Labute approximate surface area is 125 Å². The molecule has 1 fully saturated rings. The number of hydrogen-bond donors (Lipinski definition) is 0. The number of Topliss-reactive ketones (excluding diaryl/α,β-unsaturated/α-hetero) is 1. The lowest BCUT2D eigenvalue weighted by atomic mass is 9.68. The Morgan fingerprint density at radius 2 is 1.76 bits per heavy atom. The van der Waals surface area contributed by atoms with Gasteiger partial charge in [-0.05, 0) is 49.3 Å². The van der Waals surface area contributed by atoms with Crippen LogP contribution in [0.2, 0.25) is 0 Å². The first-order chi connectivity index (χ1) is 9.83. The zero-order valence-corrected chi connectivity index (χ0v) is 13.2. The summed E-state index contributed by atoms with van der Waals surface area (Å²) < 4.78 is 24.3. The molecule has 0 radical (unpaired) electrons. The molecule has 0 amide bonds. The van der Waals surface area contributed by atoms with E-state index in [9.17, 15) is 9.18 Å². The molecule has 0 bridgehead atoms. The van der Waals surface area contributed by atoms with Gasteiger partial charge >= 0.3 is 0 Å². The number of ketones is 1. The normalized spacial score (nSPS) is 20.0. The molecule has 0 spiro atoms. The summed E-state index contributed by atoms with van der Waals surface area (Å²) >= 11 is 0. The van der Waals surface area contributed by atoms with Gasteiger partial charge in [-0.3, -0.25) is 4.79 Å². The first kappa shape index (κ1) is 16.0. The Hall–Kier alpha value is -1.42. The molecule has 3 nitrogen and oxygen atoms in total. The van der Waals surface area contributed by atoms with E-state index in [4.69, 9.17) is 9.47 Å². The van der Waals surface area contributed by atoms with E-state index in [2.05, 4.69) is 13.8 Å². The average molecular weight is 294 g/mol. The number of hydrogen-bond acceptors (Lipinski definition) is 3. The SMILES string of the molecule is COc1ccc(C(=O)C2(OC)CCC(C)(C)CC2)cc1F. The quantitative estimate of drug-likeness (QED) is 0.787. The fourth-order valence-corrected chi connectivity index (χ4v) is 2.93. The van der Waals surface area contributed by atoms with Crippen LogP contribution in [-0.2, 0) is 4.74 Å². The number of carbonyl (C=O) groups excluding carboxylic acids is 1. The molecule has 1 aromatic rings. The minimum Gasteiger partial charge on any atom is -0.494 e. The summed E-state index contributed by atoms with van der Waals surface area (Å²) in [4.78, 5) is 12.8. The number of methoxy groups -OCH3 is 2. The maximum absolute atomic E-state index is 13.8. The van der Waals surface area contributed by atoms with Crippen LogP contribution >= 0.6 is 0 Å². The van der Waals surface area contributed by atoms with E-state index < -0.39 is 11.4 Å². The molecular formula is C17H23FO3. The molecule has 1 saturated carbocycles. The topological polar surface area (TPSA) is 35.5 Å². The minimum atomic E-state index is -0.823. The van der Waals surface area contributed by atoms with Crippen molar-refractivity contribution in [2.75, 3.05) is 14.2 Å². The van der Waals surface area contributed by atoms with Gasteiger partial charge in [0.15, 0.2) is 17.3 Å².